The largest absolute Gasteiger partial charge is 0.380 e. The summed E-state index contributed by atoms with van der Waals surface area (Å²) >= 11 is 7.65. The van der Waals surface area contributed by atoms with Crippen LogP contribution in [0.1, 0.15) is 30.1 Å². The molecule has 1 amide bonds. The first-order chi connectivity index (χ1) is 16.3. The molecule has 4 rings (SSSR count). The minimum absolute atomic E-state index is 0.0846. The summed E-state index contributed by atoms with van der Waals surface area (Å²) in [5, 5.41) is 5.35. The van der Waals surface area contributed by atoms with E-state index in [-0.39, 0.29) is 17.3 Å². The normalized spacial score (nSPS) is 11.1. The van der Waals surface area contributed by atoms with Crippen LogP contribution in [0.3, 0.4) is 0 Å². The van der Waals surface area contributed by atoms with E-state index in [9.17, 15) is 22.4 Å². The second-order valence-electron chi connectivity index (χ2n) is 7.39. The number of anilines is 2. The van der Waals surface area contributed by atoms with Crippen LogP contribution in [0.4, 0.5) is 28.9 Å². The zero-order chi connectivity index (χ0) is 24.4. The molecule has 34 heavy (non-hydrogen) atoms. The van der Waals surface area contributed by atoms with Crippen LogP contribution in [0.2, 0.25) is 5.02 Å². The highest BCUT2D eigenvalue weighted by atomic mass is 35.5. The first-order valence-corrected chi connectivity index (χ1v) is 11.6. The van der Waals surface area contributed by atoms with Crippen LogP contribution < -0.4 is 10.6 Å². The fourth-order valence-corrected chi connectivity index (χ4v) is 4.75. The number of nitrogens with zero attached hydrogens (tertiary/aromatic N) is 1. The highest BCUT2D eigenvalue weighted by Gasteiger charge is 2.30. The molecule has 0 saturated carbocycles. The average molecular weight is 508 g/mol. The lowest BCUT2D eigenvalue weighted by molar-refractivity contribution is 0.101. The van der Waals surface area contributed by atoms with Gasteiger partial charge in [-0.2, -0.15) is 0 Å². The summed E-state index contributed by atoms with van der Waals surface area (Å²) in [6.07, 6.45) is 1.24. The monoisotopic (exact) mass is 507 g/mol. The van der Waals surface area contributed by atoms with Crippen LogP contribution >= 0.6 is 22.9 Å². The number of hydrogen-bond donors (Lipinski definition) is 2. The maximum absolute atomic E-state index is 14.7. The molecule has 4 aromatic rings. The number of rotatable bonds is 7. The van der Waals surface area contributed by atoms with Crippen molar-refractivity contribution in [3.05, 3.63) is 76.3 Å². The van der Waals surface area contributed by atoms with Gasteiger partial charge in [0.15, 0.2) is 23.3 Å². The Balaban J connectivity index is 1.72. The van der Waals surface area contributed by atoms with Gasteiger partial charge in [-0.15, -0.1) is 11.3 Å². The standard InChI is InChI=1S/C24H18ClF4N3OS/c1-2-3-11-30-22-20(28)18(26)17(19(27)21(22)29)23(33)31-14-9-6-7-12(25)16(14)24-32-13-8-4-5-10-15(13)34-24/h4-10,30H,2-3,11H2,1H3,(H,31,33). The van der Waals surface area contributed by atoms with Crippen molar-refractivity contribution in [3.8, 4) is 10.6 Å². The number of carbonyl (C=O) groups excluding carboxylic acids is 1. The van der Waals surface area contributed by atoms with Crippen molar-refractivity contribution in [2.45, 2.75) is 19.8 Å². The zero-order valence-electron chi connectivity index (χ0n) is 17.8. The molecular formula is C24H18ClF4N3OS. The van der Waals surface area contributed by atoms with Crippen LogP contribution in [0.15, 0.2) is 42.5 Å². The Labute approximate surface area is 201 Å². The van der Waals surface area contributed by atoms with E-state index < -0.39 is 40.4 Å². The SMILES string of the molecule is CCCCNc1c(F)c(F)c(C(=O)Nc2cccc(Cl)c2-c2nc3ccccc3s2)c(F)c1F. The number of nitrogens with one attached hydrogen (secondary N) is 2. The molecule has 0 aliphatic carbocycles. The Kier molecular flexibility index (Phi) is 7.04. The van der Waals surface area contributed by atoms with Crippen molar-refractivity contribution in [2.24, 2.45) is 0 Å². The molecule has 0 radical (unpaired) electrons. The van der Waals surface area contributed by atoms with Gasteiger partial charge in [0.1, 0.15) is 16.3 Å². The summed E-state index contributed by atoms with van der Waals surface area (Å²) < 4.78 is 59.2. The maximum atomic E-state index is 14.7. The number of benzene rings is 3. The van der Waals surface area contributed by atoms with Crippen LogP contribution in [-0.4, -0.2) is 17.4 Å². The van der Waals surface area contributed by atoms with Gasteiger partial charge in [0.25, 0.3) is 5.91 Å². The predicted molar refractivity (Wildman–Crippen MR) is 128 cm³/mol. The number of amides is 1. The fourth-order valence-electron chi connectivity index (χ4n) is 3.39. The lowest BCUT2D eigenvalue weighted by Gasteiger charge is -2.15. The zero-order valence-corrected chi connectivity index (χ0v) is 19.4. The second kappa shape index (κ2) is 9.99. The first-order valence-electron chi connectivity index (χ1n) is 10.4. The van der Waals surface area contributed by atoms with Crippen LogP contribution in [0, 0.1) is 23.3 Å². The van der Waals surface area contributed by atoms with Gasteiger partial charge in [0.05, 0.1) is 26.5 Å². The Bertz CT molecular complexity index is 1330. The smallest absolute Gasteiger partial charge is 0.261 e. The molecule has 1 aromatic heterocycles. The Hall–Kier alpha value is -3.17. The molecule has 4 nitrogen and oxygen atoms in total. The maximum Gasteiger partial charge on any atom is 0.261 e. The third-order valence-corrected chi connectivity index (χ3v) is 6.46. The van der Waals surface area contributed by atoms with Crippen molar-refractivity contribution < 1.29 is 22.4 Å². The molecule has 0 fully saturated rings. The Morgan fingerprint density at radius 3 is 2.38 bits per heavy atom. The van der Waals surface area contributed by atoms with E-state index in [1.54, 1.807) is 12.1 Å². The molecule has 10 heteroatoms. The lowest BCUT2D eigenvalue weighted by atomic mass is 10.1. The summed E-state index contributed by atoms with van der Waals surface area (Å²) in [6.45, 7) is 1.96. The molecule has 1 heterocycles. The van der Waals surface area contributed by atoms with E-state index >= 15 is 0 Å². The summed E-state index contributed by atoms with van der Waals surface area (Å²) in [4.78, 5) is 17.3. The molecule has 0 aliphatic heterocycles. The van der Waals surface area contributed by atoms with Crippen molar-refractivity contribution in [3.63, 3.8) is 0 Å². The van der Waals surface area contributed by atoms with Crippen LogP contribution in [0.25, 0.3) is 20.8 Å². The number of hydrogen-bond acceptors (Lipinski definition) is 4. The number of fused-ring (bicyclic) bond motifs is 1. The molecule has 0 aliphatic rings. The number of para-hydroxylation sites is 1. The molecule has 176 valence electrons. The van der Waals surface area contributed by atoms with Crippen molar-refractivity contribution in [1.29, 1.82) is 0 Å². The predicted octanol–water partition coefficient (Wildman–Crippen LogP) is 7.64. The van der Waals surface area contributed by atoms with Gasteiger partial charge in [-0.3, -0.25) is 4.79 Å². The molecule has 2 N–H and O–H groups in total. The van der Waals surface area contributed by atoms with Crippen molar-refractivity contribution in [1.82, 2.24) is 4.98 Å². The number of carbonyl (C=O) groups is 1. The molecule has 3 aromatic carbocycles. The van der Waals surface area contributed by atoms with E-state index in [1.165, 1.54) is 23.5 Å². The van der Waals surface area contributed by atoms with E-state index in [0.29, 0.717) is 28.9 Å². The van der Waals surface area contributed by atoms with E-state index in [4.69, 9.17) is 11.6 Å². The van der Waals surface area contributed by atoms with Gasteiger partial charge in [0.2, 0.25) is 0 Å². The molecule has 0 bridgehead atoms. The molecule has 0 atom stereocenters. The van der Waals surface area contributed by atoms with Gasteiger partial charge < -0.3 is 10.6 Å². The molecule has 0 unspecified atom stereocenters. The highest BCUT2D eigenvalue weighted by molar-refractivity contribution is 7.21. The summed E-state index contributed by atoms with van der Waals surface area (Å²) in [7, 11) is 0. The number of aromatic nitrogens is 1. The third-order valence-electron chi connectivity index (χ3n) is 5.09. The molecule has 0 saturated heterocycles. The number of unbranched alkanes of at least 4 members (excludes halogenated alkanes) is 1. The number of thiazole rings is 1. The quantitative estimate of drug-likeness (QED) is 0.153. The second-order valence-corrected chi connectivity index (χ2v) is 8.83. The van der Waals surface area contributed by atoms with Crippen LogP contribution in [-0.2, 0) is 0 Å². The van der Waals surface area contributed by atoms with Gasteiger partial charge in [-0.25, -0.2) is 22.5 Å². The summed E-state index contributed by atoms with van der Waals surface area (Å²) in [5.41, 5.74) is -1.21. The van der Waals surface area contributed by atoms with Gasteiger partial charge >= 0.3 is 0 Å². The van der Waals surface area contributed by atoms with Gasteiger partial charge in [-0.05, 0) is 30.7 Å². The fraction of sp³-hybridized carbons (Fsp3) is 0.167. The number of halogens is 5. The minimum atomic E-state index is -1.79. The minimum Gasteiger partial charge on any atom is -0.380 e. The van der Waals surface area contributed by atoms with E-state index in [0.717, 1.165) is 4.70 Å². The molecule has 0 spiro atoms. The summed E-state index contributed by atoms with van der Waals surface area (Å²) in [6, 6.07) is 11.9. The third kappa shape index (κ3) is 4.45. The van der Waals surface area contributed by atoms with Gasteiger partial charge in [0, 0.05) is 6.54 Å². The van der Waals surface area contributed by atoms with Crippen molar-refractivity contribution in [2.75, 3.05) is 17.2 Å². The van der Waals surface area contributed by atoms with Crippen LogP contribution in [0.5, 0.6) is 0 Å². The highest BCUT2D eigenvalue weighted by Crippen LogP contribution is 2.39. The topological polar surface area (TPSA) is 54.0 Å². The van der Waals surface area contributed by atoms with Crippen molar-refractivity contribution >= 4 is 50.4 Å². The van der Waals surface area contributed by atoms with Gasteiger partial charge in [-0.1, -0.05) is 43.1 Å². The summed E-state index contributed by atoms with van der Waals surface area (Å²) in [5.74, 6) is -8.29. The van der Waals surface area contributed by atoms with E-state index in [1.807, 2.05) is 25.1 Å². The van der Waals surface area contributed by atoms with E-state index in [2.05, 4.69) is 15.6 Å². The Morgan fingerprint density at radius 2 is 1.71 bits per heavy atom. The average Bonchev–Trinajstić information content (AvgIpc) is 3.24. The lowest BCUT2D eigenvalue weighted by Crippen LogP contribution is -2.20. The Morgan fingerprint density at radius 1 is 1.00 bits per heavy atom. The molecular weight excluding hydrogens is 490 g/mol. The first kappa shape index (κ1) is 24.0.